The number of hydrogen-bond acceptors (Lipinski definition) is 7. The van der Waals surface area contributed by atoms with Gasteiger partial charge < -0.3 is 15.8 Å². The Hall–Kier alpha value is -1.25. The number of aromatic nitrogens is 2. The van der Waals surface area contributed by atoms with Crippen molar-refractivity contribution in [3.63, 3.8) is 0 Å². The van der Waals surface area contributed by atoms with Crippen LogP contribution in [0.25, 0.3) is 0 Å². The number of nitrogen functional groups attached to an aromatic ring is 1. The molecule has 1 fully saturated rings. The minimum atomic E-state index is -0.259. The first kappa shape index (κ1) is 14.2. The van der Waals surface area contributed by atoms with E-state index in [4.69, 9.17) is 10.5 Å². The van der Waals surface area contributed by atoms with Gasteiger partial charge >= 0.3 is 0 Å². The first-order valence-electron chi connectivity index (χ1n) is 6.38. The molecule has 2 rings (SSSR count). The third-order valence-electron chi connectivity index (χ3n) is 2.91. The van der Waals surface area contributed by atoms with E-state index in [0.717, 1.165) is 11.4 Å². The average molecular weight is 285 g/mol. The van der Waals surface area contributed by atoms with Gasteiger partial charge in [0.2, 0.25) is 11.0 Å². The largest absolute Gasteiger partial charge is 0.378 e. The molecule has 0 radical (unpaired) electrons. The number of rotatable bonds is 5. The van der Waals surface area contributed by atoms with Gasteiger partial charge in [0.05, 0.1) is 19.8 Å². The summed E-state index contributed by atoms with van der Waals surface area (Å²) in [6.45, 7) is 5.07. The van der Waals surface area contributed by atoms with E-state index < -0.39 is 0 Å². The highest BCUT2D eigenvalue weighted by atomic mass is 32.1. The van der Waals surface area contributed by atoms with Crippen LogP contribution in [-0.4, -0.2) is 53.3 Å². The fourth-order valence-corrected chi connectivity index (χ4v) is 2.57. The van der Waals surface area contributed by atoms with Crippen molar-refractivity contribution in [2.75, 3.05) is 32.0 Å². The van der Waals surface area contributed by atoms with Gasteiger partial charge in [-0.3, -0.25) is 9.69 Å². The van der Waals surface area contributed by atoms with Crippen LogP contribution in [0.1, 0.15) is 18.4 Å². The Balaban J connectivity index is 1.97. The summed E-state index contributed by atoms with van der Waals surface area (Å²) in [4.78, 5) is 14.1. The minimum Gasteiger partial charge on any atom is -0.378 e. The fraction of sp³-hybridized carbons (Fsp3) is 0.727. The summed E-state index contributed by atoms with van der Waals surface area (Å²) in [5.74, 6) is 0.0130. The van der Waals surface area contributed by atoms with Gasteiger partial charge in [-0.05, 0) is 6.42 Å². The zero-order valence-electron chi connectivity index (χ0n) is 11.0. The molecule has 106 valence electrons. The molecule has 1 saturated heterocycles. The second-order valence-corrected chi connectivity index (χ2v) is 5.48. The Morgan fingerprint density at radius 3 is 3.16 bits per heavy atom. The van der Waals surface area contributed by atoms with Gasteiger partial charge in [-0.15, -0.1) is 10.2 Å². The number of carbonyl (C=O) groups excluding carboxylic acids is 1. The van der Waals surface area contributed by atoms with E-state index in [1.54, 1.807) is 0 Å². The first-order valence-corrected chi connectivity index (χ1v) is 7.19. The topological polar surface area (TPSA) is 93.4 Å². The molecule has 1 aliphatic heterocycles. The summed E-state index contributed by atoms with van der Waals surface area (Å²) in [6.07, 6.45) is 0.923. The van der Waals surface area contributed by atoms with Crippen LogP contribution < -0.4 is 11.1 Å². The van der Waals surface area contributed by atoms with E-state index in [-0.39, 0.29) is 11.9 Å². The van der Waals surface area contributed by atoms with Crippen LogP contribution in [-0.2, 0) is 16.1 Å². The van der Waals surface area contributed by atoms with Gasteiger partial charge in [-0.2, -0.15) is 0 Å². The van der Waals surface area contributed by atoms with Crippen LogP contribution in [0.5, 0.6) is 0 Å². The van der Waals surface area contributed by atoms with E-state index >= 15 is 0 Å². The van der Waals surface area contributed by atoms with E-state index in [2.05, 4.69) is 20.4 Å². The number of ether oxygens (including phenoxy) is 1. The third kappa shape index (κ3) is 3.85. The zero-order chi connectivity index (χ0) is 13.7. The zero-order valence-corrected chi connectivity index (χ0v) is 11.8. The van der Waals surface area contributed by atoms with Gasteiger partial charge in [-0.25, -0.2) is 0 Å². The molecule has 0 aliphatic carbocycles. The molecule has 8 heteroatoms. The Bertz CT molecular complexity index is 425. The lowest BCUT2D eigenvalue weighted by Crippen LogP contribution is -2.53. The summed E-state index contributed by atoms with van der Waals surface area (Å²) in [5.41, 5.74) is 5.57. The van der Waals surface area contributed by atoms with Crippen molar-refractivity contribution < 1.29 is 9.53 Å². The lowest BCUT2D eigenvalue weighted by atomic mass is 10.2. The lowest BCUT2D eigenvalue weighted by molar-refractivity contribution is -0.132. The summed E-state index contributed by atoms with van der Waals surface area (Å²) in [7, 11) is 0. The molecule has 2 heterocycles. The van der Waals surface area contributed by atoms with E-state index in [1.165, 1.54) is 11.3 Å². The van der Waals surface area contributed by atoms with E-state index in [1.807, 2.05) is 6.92 Å². The van der Waals surface area contributed by atoms with Gasteiger partial charge in [0.1, 0.15) is 11.0 Å². The van der Waals surface area contributed by atoms with E-state index in [9.17, 15) is 4.79 Å². The SMILES string of the molecule is CCCNC(=O)C1COCCN1Cc1nnc(N)s1. The van der Waals surface area contributed by atoms with Gasteiger partial charge in [0.15, 0.2) is 0 Å². The Morgan fingerprint density at radius 2 is 2.47 bits per heavy atom. The number of nitrogens with zero attached hydrogens (tertiary/aromatic N) is 3. The van der Waals surface area contributed by atoms with Crippen molar-refractivity contribution >= 4 is 22.4 Å². The summed E-state index contributed by atoms with van der Waals surface area (Å²) >= 11 is 1.35. The predicted molar refractivity (Wildman–Crippen MR) is 72.6 cm³/mol. The molecule has 0 bridgehead atoms. The molecule has 1 aliphatic rings. The number of anilines is 1. The number of amides is 1. The fourth-order valence-electron chi connectivity index (χ4n) is 1.94. The molecular formula is C11H19N5O2S. The van der Waals surface area contributed by atoms with Gasteiger partial charge in [0, 0.05) is 13.1 Å². The van der Waals surface area contributed by atoms with Gasteiger partial charge in [0.25, 0.3) is 0 Å². The molecule has 1 aromatic heterocycles. The van der Waals surface area contributed by atoms with Crippen molar-refractivity contribution in [1.82, 2.24) is 20.4 Å². The molecule has 0 saturated carbocycles. The maximum Gasteiger partial charge on any atom is 0.239 e. The van der Waals surface area contributed by atoms with Crippen molar-refractivity contribution in [3.8, 4) is 0 Å². The van der Waals surface area contributed by atoms with Crippen LogP contribution in [0.3, 0.4) is 0 Å². The standard InChI is InChI=1S/C11H19N5O2S/c1-2-3-13-10(17)8-7-18-5-4-16(8)6-9-14-15-11(12)19-9/h8H,2-7H2,1H3,(H2,12,15)(H,13,17). The minimum absolute atomic E-state index is 0.0130. The Kier molecular flexibility index (Phi) is 5.06. The number of nitrogens with two attached hydrogens (primary N) is 1. The molecule has 3 N–H and O–H groups in total. The van der Waals surface area contributed by atoms with Crippen molar-refractivity contribution in [2.45, 2.75) is 25.9 Å². The lowest BCUT2D eigenvalue weighted by Gasteiger charge is -2.33. The second kappa shape index (κ2) is 6.78. The van der Waals surface area contributed by atoms with E-state index in [0.29, 0.717) is 38.0 Å². The predicted octanol–water partition coefficient (Wildman–Crippen LogP) is -0.153. The highest BCUT2D eigenvalue weighted by Crippen LogP contribution is 2.17. The number of morpholine rings is 1. The first-order chi connectivity index (χ1) is 9.20. The van der Waals surface area contributed by atoms with Crippen LogP contribution in [0, 0.1) is 0 Å². The van der Waals surface area contributed by atoms with Crippen LogP contribution >= 0.6 is 11.3 Å². The highest BCUT2D eigenvalue weighted by Gasteiger charge is 2.29. The molecule has 7 nitrogen and oxygen atoms in total. The Morgan fingerprint density at radius 1 is 1.63 bits per heavy atom. The normalized spacial score (nSPS) is 20.4. The van der Waals surface area contributed by atoms with Crippen molar-refractivity contribution in [1.29, 1.82) is 0 Å². The van der Waals surface area contributed by atoms with Crippen LogP contribution in [0.15, 0.2) is 0 Å². The summed E-state index contributed by atoms with van der Waals surface area (Å²) in [6, 6.07) is -0.259. The molecule has 1 atom stereocenters. The smallest absolute Gasteiger partial charge is 0.239 e. The Labute approximate surface area is 116 Å². The van der Waals surface area contributed by atoms with Crippen molar-refractivity contribution in [3.05, 3.63) is 5.01 Å². The van der Waals surface area contributed by atoms with Gasteiger partial charge in [-0.1, -0.05) is 18.3 Å². The quantitative estimate of drug-likeness (QED) is 0.781. The maximum atomic E-state index is 12.1. The number of carbonyl (C=O) groups is 1. The molecule has 0 aromatic carbocycles. The summed E-state index contributed by atoms with van der Waals surface area (Å²) in [5, 5.41) is 12.0. The third-order valence-corrected chi connectivity index (χ3v) is 3.65. The van der Waals surface area contributed by atoms with Crippen LogP contribution in [0.4, 0.5) is 5.13 Å². The number of hydrogen-bond donors (Lipinski definition) is 2. The second-order valence-electron chi connectivity index (χ2n) is 4.39. The molecular weight excluding hydrogens is 266 g/mol. The number of nitrogens with one attached hydrogen (secondary N) is 1. The average Bonchev–Trinajstić information content (AvgIpc) is 2.82. The molecule has 19 heavy (non-hydrogen) atoms. The molecule has 0 spiro atoms. The highest BCUT2D eigenvalue weighted by molar-refractivity contribution is 7.15. The molecule has 1 amide bonds. The molecule has 1 aromatic rings. The van der Waals surface area contributed by atoms with Crippen molar-refractivity contribution in [2.24, 2.45) is 0 Å². The monoisotopic (exact) mass is 285 g/mol. The maximum absolute atomic E-state index is 12.1. The van der Waals surface area contributed by atoms with Crippen LogP contribution in [0.2, 0.25) is 0 Å². The summed E-state index contributed by atoms with van der Waals surface area (Å²) < 4.78 is 5.40. The molecule has 1 unspecified atom stereocenters.